The van der Waals surface area contributed by atoms with Gasteiger partial charge in [-0.05, 0) is 50.3 Å². The largest absolute Gasteiger partial charge is 0.497 e. The first-order valence-corrected chi connectivity index (χ1v) is 8.51. The summed E-state index contributed by atoms with van der Waals surface area (Å²) in [6.07, 6.45) is 4.32. The van der Waals surface area contributed by atoms with Gasteiger partial charge in [0.2, 0.25) is 0 Å². The van der Waals surface area contributed by atoms with Crippen LogP contribution in [0.5, 0.6) is 5.75 Å². The van der Waals surface area contributed by atoms with Crippen molar-refractivity contribution in [2.75, 3.05) is 20.3 Å². The van der Waals surface area contributed by atoms with Gasteiger partial charge in [0.25, 0.3) is 0 Å². The first-order valence-electron chi connectivity index (χ1n) is 8.51. The fraction of sp³-hybridized carbons (Fsp3) is 0.611. The molecule has 0 spiro atoms. The van der Waals surface area contributed by atoms with E-state index in [2.05, 4.69) is 17.4 Å². The van der Waals surface area contributed by atoms with Gasteiger partial charge in [0.1, 0.15) is 5.75 Å². The number of nitrogens with one attached hydrogen (secondary N) is 1. The average Bonchev–Trinajstić information content (AvgIpc) is 3.26. The lowest BCUT2D eigenvalue weighted by Crippen LogP contribution is -2.47. The number of hydrogen-bond acceptors (Lipinski definition) is 3. The molecule has 0 radical (unpaired) electrons. The minimum atomic E-state index is 0.0197. The molecule has 23 heavy (non-hydrogen) atoms. The molecule has 3 rings (SSSR count). The summed E-state index contributed by atoms with van der Waals surface area (Å²) in [5, 5.41) is 3.12. The third-order valence-electron chi connectivity index (χ3n) is 4.89. The van der Waals surface area contributed by atoms with E-state index >= 15 is 0 Å². The van der Waals surface area contributed by atoms with Crippen molar-refractivity contribution < 1.29 is 14.3 Å². The van der Waals surface area contributed by atoms with Gasteiger partial charge in [-0.3, -0.25) is 0 Å². The van der Waals surface area contributed by atoms with Crippen LogP contribution < -0.4 is 10.1 Å². The van der Waals surface area contributed by atoms with Gasteiger partial charge < -0.3 is 19.7 Å². The molecule has 0 aromatic heterocycles. The summed E-state index contributed by atoms with van der Waals surface area (Å²) >= 11 is 0. The van der Waals surface area contributed by atoms with E-state index in [1.807, 2.05) is 24.0 Å². The number of likely N-dealkylation sites (tertiary alicyclic amines) is 1. The highest BCUT2D eigenvalue weighted by atomic mass is 16.5. The van der Waals surface area contributed by atoms with Crippen LogP contribution in [0.2, 0.25) is 0 Å². The molecule has 3 atom stereocenters. The molecule has 2 amide bonds. The van der Waals surface area contributed by atoms with Crippen molar-refractivity contribution in [1.82, 2.24) is 10.2 Å². The maximum absolute atomic E-state index is 12.7. The SMILES string of the molecule is COc1ccc([C@@H]2CCCN2C(=O)N[C@H](C)[C@@H]2CCCO2)cc1. The normalized spacial score (nSPS) is 25.4. The molecule has 5 nitrogen and oxygen atoms in total. The second-order valence-electron chi connectivity index (χ2n) is 6.41. The number of amides is 2. The van der Waals surface area contributed by atoms with E-state index in [-0.39, 0.29) is 24.2 Å². The molecule has 1 aromatic rings. The lowest BCUT2D eigenvalue weighted by Gasteiger charge is -2.28. The number of urea groups is 1. The zero-order valence-corrected chi connectivity index (χ0v) is 14.0. The topological polar surface area (TPSA) is 50.8 Å². The Labute approximate surface area is 137 Å². The lowest BCUT2D eigenvalue weighted by atomic mass is 10.0. The fourth-order valence-electron chi connectivity index (χ4n) is 3.55. The number of methoxy groups -OCH3 is 1. The summed E-state index contributed by atoms with van der Waals surface area (Å²) in [4.78, 5) is 14.6. The van der Waals surface area contributed by atoms with Crippen LogP contribution in [-0.2, 0) is 4.74 Å². The minimum Gasteiger partial charge on any atom is -0.497 e. The average molecular weight is 318 g/mol. The van der Waals surface area contributed by atoms with Crippen molar-refractivity contribution in [2.45, 2.75) is 50.8 Å². The van der Waals surface area contributed by atoms with E-state index < -0.39 is 0 Å². The monoisotopic (exact) mass is 318 g/mol. The molecule has 1 N–H and O–H groups in total. The van der Waals surface area contributed by atoms with E-state index in [1.54, 1.807) is 7.11 Å². The molecule has 0 bridgehead atoms. The predicted octanol–water partition coefficient (Wildman–Crippen LogP) is 3.11. The molecule has 2 heterocycles. The van der Waals surface area contributed by atoms with Crippen molar-refractivity contribution in [1.29, 1.82) is 0 Å². The molecular formula is C18H26N2O3. The first kappa shape index (κ1) is 16.1. The highest BCUT2D eigenvalue weighted by Gasteiger charge is 2.32. The molecule has 1 aromatic carbocycles. The summed E-state index contributed by atoms with van der Waals surface area (Å²) in [5.74, 6) is 0.842. The molecule has 0 saturated carbocycles. The van der Waals surface area contributed by atoms with Gasteiger partial charge in [0, 0.05) is 13.2 Å². The number of benzene rings is 1. The van der Waals surface area contributed by atoms with Crippen LogP contribution >= 0.6 is 0 Å². The summed E-state index contributed by atoms with van der Waals surface area (Å²) in [6, 6.07) is 8.25. The summed E-state index contributed by atoms with van der Waals surface area (Å²) in [5.41, 5.74) is 1.17. The van der Waals surface area contributed by atoms with Gasteiger partial charge in [-0.25, -0.2) is 4.79 Å². The van der Waals surface area contributed by atoms with Crippen LogP contribution in [-0.4, -0.2) is 43.3 Å². The Kier molecular flexibility index (Phi) is 5.06. The maximum atomic E-state index is 12.7. The Hall–Kier alpha value is -1.75. The van der Waals surface area contributed by atoms with Crippen LogP contribution in [0.25, 0.3) is 0 Å². The summed E-state index contributed by atoms with van der Waals surface area (Å²) in [6.45, 7) is 3.65. The third kappa shape index (κ3) is 3.61. The smallest absolute Gasteiger partial charge is 0.318 e. The van der Waals surface area contributed by atoms with Gasteiger partial charge in [-0.1, -0.05) is 12.1 Å². The molecule has 5 heteroatoms. The maximum Gasteiger partial charge on any atom is 0.318 e. The molecular weight excluding hydrogens is 292 g/mol. The van der Waals surface area contributed by atoms with Crippen LogP contribution in [0, 0.1) is 0 Å². The van der Waals surface area contributed by atoms with Crippen LogP contribution in [0.3, 0.4) is 0 Å². The molecule has 2 saturated heterocycles. The van der Waals surface area contributed by atoms with Crippen molar-refractivity contribution in [3.8, 4) is 5.75 Å². The fourth-order valence-corrected chi connectivity index (χ4v) is 3.55. The Balaban J connectivity index is 1.64. The van der Waals surface area contributed by atoms with Crippen LogP contribution in [0.4, 0.5) is 4.79 Å². The molecule has 0 aliphatic carbocycles. The quantitative estimate of drug-likeness (QED) is 0.928. The molecule has 2 aliphatic heterocycles. The number of hydrogen-bond donors (Lipinski definition) is 1. The number of ether oxygens (including phenoxy) is 2. The van der Waals surface area contributed by atoms with Gasteiger partial charge in [0.15, 0.2) is 0 Å². The molecule has 126 valence electrons. The second kappa shape index (κ2) is 7.21. The van der Waals surface area contributed by atoms with Gasteiger partial charge >= 0.3 is 6.03 Å². The molecule has 0 unspecified atom stereocenters. The van der Waals surface area contributed by atoms with E-state index in [9.17, 15) is 4.79 Å². The number of rotatable bonds is 4. The molecule has 2 fully saturated rings. The predicted molar refractivity (Wildman–Crippen MR) is 88.6 cm³/mol. The molecule has 2 aliphatic rings. The van der Waals surface area contributed by atoms with E-state index in [4.69, 9.17) is 9.47 Å². The Morgan fingerprint density at radius 2 is 2.09 bits per heavy atom. The van der Waals surface area contributed by atoms with Gasteiger partial charge in [-0.15, -0.1) is 0 Å². The number of carbonyl (C=O) groups is 1. The third-order valence-corrected chi connectivity index (χ3v) is 4.89. The highest BCUT2D eigenvalue weighted by molar-refractivity contribution is 5.75. The standard InChI is InChI=1S/C18H26N2O3/c1-13(17-6-4-12-23-17)19-18(21)20-11-3-5-16(20)14-7-9-15(22-2)10-8-14/h7-10,13,16-17H,3-6,11-12H2,1-2H3,(H,19,21)/t13-,16+,17+/m1/s1. The summed E-state index contributed by atoms with van der Waals surface area (Å²) in [7, 11) is 1.66. The van der Waals surface area contributed by atoms with Crippen LogP contribution in [0.1, 0.15) is 44.2 Å². The van der Waals surface area contributed by atoms with Crippen molar-refractivity contribution in [2.24, 2.45) is 0 Å². The van der Waals surface area contributed by atoms with Crippen LogP contribution in [0.15, 0.2) is 24.3 Å². The second-order valence-corrected chi connectivity index (χ2v) is 6.41. The number of carbonyl (C=O) groups excluding carboxylic acids is 1. The number of nitrogens with zero attached hydrogens (tertiary/aromatic N) is 1. The first-order chi connectivity index (χ1) is 11.2. The zero-order chi connectivity index (χ0) is 16.2. The van der Waals surface area contributed by atoms with Gasteiger partial charge in [-0.2, -0.15) is 0 Å². The highest BCUT2D eigenvalue weighted by Crippen LogP contribution is 2.32. The zero-order valence-electron chi connectivity index (χ0n) is 14.0. The van der Waals surface area contributed by atoms with Crippen molar-refractivity contribution in [3.63, 3.8) is 0 Å². The Morgan fingerprint density at radius 3 is 2.74 bits per heavy atom. The van der Waals surface area contributed by atoms with Crippen molar-refractivity contribution >= 4 is 6.03 Å². The lowest BCUT2D eigenvalue weighted by molar-refractivity contribution is 0.0829. The van der Waals surface area contributed by atoms with E-state index in [0.717, 1.165) is 44.6 Å². The summed E-state index contributed by atoms with van der Waals surface area (Å²) < 4.78 is 10.9. The Bertz CT molecular complexity index is 526. The Morgan fingerprint density at radius 1 is 1.30 bits per heavy atom. The van der Waals surface area contributed by atoms with Gasteiger partial charge in [0.05, 0.1) is 25.3 Å². The van der Waals surface area contributed by atoms with E-state index in [0.29, 0.717) is 0 Å². The van der Waals surface area contributed by atoms with Crippen molar-refractivity contribution in [3.05, 3.63) is 29.8 Å². The van der Waals surface area contributed by atoms with E-state index in [1.165, 1.54) is 5.56 Å². The minimum absolute atomic E-state index is 0.0197.